The van der Waals surface area contributed by atoms with Gasteiger partial charge in [0.25, 0.3) is 0 Å². The number of fused-ring (bicyclic) bond motifs is 1. The second-order valence-corrected chi connectivity index (χ2v) is 8.60. The van der Waals surface area contributed by atoms with Crippen molar-refractivity contribution in [1.29, 1.82) is 0 Å². The van der Waals surface area contributed by atoms with E-state index in [-0.39, 0.29) is 24.9 Å². The van der Waals surface area contributed by atoms with E-state index in [1.807, 2.05) is 32.0 Å². The van der Waals surface area contributed by atoms with Gasteiger partial charge >= 0.3 is 6.18 Å². The lowest BCUT2D eigenvalue weighted by molar-refractivity contribution is -0.147. The average molecular weight is 445 g/mol. The second-order valence-electron chi connectivity index (χ2n) is 8.60. The molecule has 1 N–H and O–H groups in total. The van der Waals surface area contributed by atoms with Gasteiger partial charge < -0.3 is 9.88 Å². The molecule has 0 radical (unpaired) electrons. The number of para-hydroxylation sites is 2. The Hall–Kier alpha value is -2.87. The fraction of sp³-hybridized carbons (Fsp3) is 0.417. The van der Waals surface area contributed by atoms with E-state index in [1.165, 1.54) is 10.1 Å². The van der Waals surface area contributed by atoms with Crippen molar-refractivity contribution in [1.82, 2.24) is 14.5 Å². The molecule has 1 aliphatic rings. The Kier molecular flexibility index (Phi) is 6.24. The van der Waals surface area contributed by atoms with Gasteiger partial charge in [0.2, 0.25) is 11.7 Å². The zero-order valence-electron chi connectivity index (χ0n) is 18.2. The summed E-state index contributed by atoms with van der Waals surface area (Å²) >= 11 is 0. The van der Waals surface area contributed by atoms with Crippen LogP contribution >= 0.6 is 0 Å². The Morgan fingerprint density at radius 1 is 1.09 bits per heavy atom. The summed E-state index contributed by atoms with van der Waals surface area (Å²) in [6, 6.07) is 12.5. The van der Waals surface area contributed by atoms with E-state index >= 15 is 0 Å². The summed E-state index contributed by atoms with van der Waals surface area (Å²) < 4.78 is 41.9. The molecule has 5 nitrogen and oxygen atoms in total. The van der Waals surface area contributed by atoms with Crippen LogP contribution in [0, 0.1) is 19.8 Å². The summed E-state index contributed by atoms with van der Waals surface area (Å²) in [5, 5.41) is 2.93. The molecule has 1 aromatic heterocycles. The van der Waals surface area contributed by atoms with Crippen LogP contribution in [0.2, 0.25) is 0 Å². The van der Waals surface area contributed by atoms with E-state index in [2.05, 4.69) is 15.2 Å². The fourth-order valence-electron chi connectivity index (χ4n) is 4.28. The molecule has 8 heteroatoms. The number of hydrogen-bond donors (Lipinski definition) is 1. The number of carbonyl (C=O) groups is 1. The smallest absolute Gasteiger partial charge is 0.325 e. The third-order valence-corrected chi connectivity index (χ3v) is 6.21. The SMILES string of the molecule is Cc1ccc(NC(=O)CN2CCC(Cn3c(C(F)(F)F)nc4ccccc43)CC2)cc1C. The topological polar surface area (TPSA) is 50.2 Å². The number of hydrogen-bond acceptors (Lipinski definition) is 3. The number of rotatable bonds is 5. The highest BCUT2D eigenvalue weighted by atomic mass is 19.4. The van der Waals surface area contributed by atoms with Gasteiger partial charge in [0, 0.05) is 12.2 Å². The highest BCUT2D eigenvalue weighted by Gasteiger charge is 2.38. The molecule has 2 heterocycles. The van der Waals surface area contributed by atoms with Crippen LogP contribution in [0.3, 0.4) is 0 Å². The number of aromatic nitrogens is 2. The predicted molar refractivity (Wildman–Crippen MR) is 118 cm³/mol. The summed E-state index contributed by atoms with van der Waals surface area (Å²) in [6.45, 7) is 5.94. The van der Waals surface area contributed by atoms with E-state index in [9.17, 15) is 18.0 Å². The van der Waals surface area contributed by atoms with Crippen LogP contribution in [0.4, 0.5) is 18.9 Å². The van der Waals surface area contributed by atoms with E-state index in [0.717, 1.165) is 24.1 Å². The molecule has 32 heavy (non-hydrogen) atoms. The standard InChI is InChI=1S/C24H27F3N4O/c1-16-7-8-19(13-17(16)2)28-22(32)15-30-11-9-18(10-12-30)14-31-21-6-4-3-5-20(21)29-23(31)24(25,26)27/h3-8,13,18H,9-12,14-15H2,1-2H3,(H,28,32). The van der Waals surface area contributed by atoms with Gasteiger partial charge in [-0.15, -0.1) is 0 Å². The van der Waals surface area contributed by atoms with Crippen LogP contribution in [0.1, 0.15) is 29.8 Å². The number of likely N-dealkylation sites (tertiary alicyclic amines) is 1. The summed E-state index contributed by atoms with van der Waals surface area (Å²) in [6.07, 6.45) is -3.02. The molecule has 1 saturated heterocycles. The monoisotopic (exact) mass is 444 g/mol. The quantitative estimate of drug-likeness (QED) is 0.601. The lowest BCUT2D eigenvalue weighted by Crippen LogP contribution is -2.40. The molecule has 0 saturated carbocycles. The highest BCUT2D eigenvalue weighted by molar-refractivity contribution is 5.92. The first kappa shape index (κ1) is 22.3. The fourth-order valence-corrected chi connectivity index (χ4v) is 4.28. The van der Waals surface area contributed by atoms with Crippen LogP contribution < -0.4 is 5.32 Å². The Morgan fingerprint density at radius 3 is 2.50 bits per heavy atom. The maximum Gasteiger partial charge on any atom is 0.449 e. The Labute approximate surface area is 185 Å². The van der Waals surface area contributed by atoms with Crippen LogP contribution in [-0.4, -0.2) is 40.0 Å². The molecule has 2 aromatic carbocycles. The van der Waals surface area contributed by atoms with Gasteiger partial charge in [-0.25, -0.2) is 4.98 Å². The normalized spacial score (nSPS) is 15.9. The summed E-state index contributed by atoms with van der Waals surface area (Å²) in [5.41, 5.74) is 3.94. The first-order chi connectivity index (χ1) is 15.2. The number of nitrogens with zero attached hydrogens (tertiary/aromatic N) is 3. The average Bonchev–Trinajstić information content (AvgIpc) is 3.11. The van der Waals surface area contributed by atoms with E-state index in [1.54, 1.807) is 24.3 Å². The largest absolute Gasteiger partial charge is 0.449 e. The van der Waals surface area contributed by atoms with Crippen molar-refractivity contribution in [2.75, 3.05) is 25.0 Å². The van der Waals surface area contributed by atoms with Crippen LogP contribution in [0.25, 0.3) is 11.0 Å². The van der Waals surface area contributed by atoms with Crippen molar-refractivity contribution >= 4 is 22.6 Å². The first-order valence-electron chi connectivity index (χ1n) is 10.8. The molecular formula is C24H27F3N4O. The second kappa shape index (κ2) is 8.94. The maximum absolute atomic E-state index is 13.5. The number of nitrogens with one attached hydrogen (secondary N) is 1. The van der Waals surface area contributed by atoms with Crippen molar-refractivity contribution in [2.24, 2.45) is 5.92 Å². The van der Waals surface area contributed by atoms with Crippen molar-refractivity contribution in [3.63, 3.8) is 0 Å². The van der Waals surface area contributed by atoms with Gasteiger partial charge in [-0.1, -0.05) is 18.2 Å². The van der Waals surface area contributed by atoms with Crippen LogP contribution in [0.15, 0.2) is 42.5 Å². The molecule has 1 aliphatic heterocycles. The molecule has 4 rings (SSSR count). The maximum atomic E-state index is 13.5. The third kappa shape index (κ3) is 4.96. The summed E-state index contributed by atoms with van der Waals surface area (Å²) in [5.74, 6) is -0.812. The Morgan fingerprint density at radius 2 is 1.81 bits per heavy atom. The molecule has 170 valence electrons. The molecule has 1 fully saturated rings. The number of halogens is 3. The van der Waals surface area contributed by atoms with Gasteiger partial charge in [-0.3, -0.25) is 9.69 Å². The minimum Gasteiger partial charge on any atom is -0.325 e. The van der Waals surface area contributed by atoms with Crippen LogP contribution in [0.5, 0.6) is 0 Å². The van der Waals surface area contributed by atoms with Crippen molar-refractivity contribution in [3.05, 3.63) is 59.4 Å². The minimum atomic E-state index is -4.49. The molecule has 0 aliphatic carbocycles. The number of benzene rings is 2. The molecule has 0 unspecified atom stereocenters. The first-order valence-corrected chi connectivity index (χ1v) is 10.8. The number of alkyl halides is 3. The lowest BCUT2D eigenvalue weighted by atomic mass is 9.96. The molecule has 1 amide bonds. The van der Waals surface area contributed by atoms with E-state index < -0.39 is 12.0 Å². The van der Waals surface area contributed by atoms with E-state index in [0.29, 0.717) is 24.1 Å². The van der Waals surface area contributed by atoms with Gasteiger partial charge in [-0.2, -0.15) is 13.2 Å². The van der Waals surface area contributed by atoms with E-state index in [4.69, 9.17) is 0 Å². The zero-order chi connectivity index (χ0) is 22.9. The number of piperidine rings is 1. The highest BCUT2D eigenvalue weighted by Crippen LogP contribution is 2.33. The minimum absolute atomic E-state index is 0.0772. The number of anilines is 1. The van der Waals surface area contributed by atoms with Crippen molar-refractivity contribution in [2.45, 2.75) is 39.4 Å². The summed E-state index contributed by atoms with van der Waals surface area (Å²) in [4.78, 5) is 18.3. The molecule has 3 aromatic rings. The molecule has 0 spiro atoms. The predicted octanol–water partition coefficient (Wildman–Crippen LogP) is 5.02. The van der Waals surface area contributed by atoms with Crippen molar-refractivity contribution in [3.8, 4) is 0 Å². The third-order valence-electron chi connectivity index (χ3n) is 6.21. The molecular weight excluding hydrogens is 417 g/mol. The van der Waals surface area contributed by atoms with Crippen LogP contribution in [-0.2, 0) is 17.5 Å². The van der Waals surface area contributed by atoms with Gasteiger partial charge in [0.05, 0.1) is 17.6 Å². The summed E-state index contributed by atoms with van der Waals surface area (Å²) in [7, 11) is 0. The van der Waals surface area contributed by atoms with Gasteiger partial charge in [0.1, 0.15) is 0 Å². The van der Waals surface area contributed by atoms with Gasteiger partial charge in [-0.05, 0) is 81.1 Å². The Balaban J connectivity index is 1.35. The van der Waals surface area contributed by atoms with Gasteiger partial charge in [0.15, 0.2) is 0 Å². The van der Waals surface area contributed by atoms with Crippen molar-refractivity contribution < 1.29 is 18.0 Å². The number of imidazole rings is 1. The number of amides is 1. The zero-order valence-corrected chi connectivity index (χ0v) is 18.2. The number of aryl methyl sites for hydroxylation is 2. The number of carbonyl (C=O) groups excluding carboxylic acids is 1. The lowest BCUT2D eigenvalue weighted by Gasteiger charge is -2.32. The molecule has 0 bridgehead atoms. The molecule has 0 atom stereocenters. The Bertz CT molecular complexity index is 1110.